The SMILES string of the molecule is C[N+](C)(CCC(F)C(F)(F)C(F)(F)C(F)(F)C(F)(F)C(F)(F)C(F)(F)C(F)(F)C(F)(F)C(F)(F)C(F)(F)C(F)(F)C(F)(F)F)CC(=O)[O-]. The van der Waals surface area contributed by atoms with Crippen molar-refractivity contribution in [3.8, 4) is 0 Å². The lowest BCUT2D eigenvalue weighted by molar-refractivity contribution is -0.885. The Morgan fingerprint density at radius 1 is 0.479 bits per heavy atom. The number of carbonyl (C=O) groups excluding carboxylic acids is 1. The molecule has 0 aromatic heterocycles. The van der Waals surface area contributed by atoms with Crippen molar-refractivity contribution < 1.29 is 129 Å². The van der Waals surface area contributed by atoms with Crippen molar-refractivity contribution in [3.05, 3.63) is 0 Å². The molecule has 0 amide bonds. The molecule has 0 N–H and O–H groups in total. The second kappa shape index (κ2) is 11.9. The van der Waals surface area contributed by atoms with Crippen LogP contribution < -0.4 is 5.11 Å². The fraction of sp³-hybridized carbons (Fsp3) is 0.947. The summed E-state index contributed by atoms with van der Waals surface area (Å²) in [4.78, 5) is 10.5. The van der Waals surface area contributed by atoms with Gasteiger partial charge in [-0.2, -0.15) is 110 Å². The summed E-state index contributed by atoms with van der Waals surface area (Å²) in [7, 11) is 1.26. The molecule has 1 atom stereocenters. The minimum Gasteiger partial charge on any atom is -0.544 e. The van der Waals surface area contributed by atoms with Gasteiger partial charge in [-0.25, -0.2) is 4.39 Å². The van der Waals surface area contributed by atoms with Crippen molar-refractivity contribution in [1.29, 1.82) is 0 Å². The van der Waals surface area contributed by atoms with Gasteiger partial charge in [-0.15, -0.1) is 0 Å². The average Bonchev–Trinajstić information content (AvgIpc) is 2.84. The summed E-state index contributed by atoms with van der Waals surface area (Å²) in [5.74, 6) is -103. The van der Waals surface area contributed by atoms with E-state index >= 15 is 0 Å². The molecule has 0 aliphatic rings. The van der Waals surface area contributed by atoms with Crippen LogP contribution in [0.25, 0.3) is 0 Å². The highest BCUT2D eigenvalue weighted by molar-refractivity contribution is 5.65. The highest BCUT2D eigenvalue weighted by atomic mass is 19.4. The molecule has 0 radical (unpaired) electrons. The standard InChI is InChI=1S/C19H13F26NO2/c1-46(2,5-7(47)48)4-3-6(20)8(21,22)9(23,24)10(25,26)11(27,28)12(29,30)13(31,32)14(33,34)15(35,36)16(37,38)17(39,40)18(41,42)19(43,44)45/h6H,3-5H2,1-2H3. The van der Waals surface area contributed by atoms with Gasteiger partial charge in [-0.3, -0.25) is 0 Å². The minimum atomic E-state index is -9.71. The Morgan fingerprint density at radius 3 is 0.938 bits per heavy atom. The Morgan fingerprint density at radius 2 is 0.708 bits per heavy atom. The summed E-state index contributed by atoms with van der Waals surface area (Å²) in [6.45, 7) is -2.84. The van der Waals surface area contributed by atoms with E-state index in [0.29, 0.717) is 14.1 Å². The van der Waals surface area contributed by atoms with Crippen LogP contribution in [0.15, 0.2) is 0 Å². The number of hydrogen-bond donors (Lipinski definition) is 0. The van der Waals surface area contributed by atoms with Gasteiger partial charge in [0.1, 0.15) is 6.54 Å². The van der Waals surface area contributed by atoms with E-state index in [0.717, 1.165) is 0 Å². The van der Waals surface area contributed by atoms with Crippen molar-refractivity contribution in [2.45, 2.75) is 83.9 Å². The van der Waals surface area contributed by atoms with Gasteiger partial charge in [-0.1, -0.05) is 0 Å². The quantitative estimate of drug-likeness (QED) is 0.124. The fourth-order valence-corrected chi connectivity index (χ4v) is 3.23. The molecular formula is C19H13F26NO2. The van der Waals surface area contributed by atoms with Crippen LogP contribution in [-0.2, 0) is 4.79 Å². The second-order valence-electron chi connectivity index (χ2n) is 10.3. The third-order valence-corrected chi connectivity index (χ3v) is 6.26. The van der Waals surface area contributed by atoms with E-state index in [4.69, 9.17) is 0 Å². The lowest BCUT2D eigenvalue weighted by Gasteiger charge is -2.45. The van der Waals surface area contributed by atoms with Gasteiger partial charge in [0, 0.05) is 6.42 Å². The predicted molar refractivity (Wildman–Crippen MR) is 96.8 cm³/mol. The van der Waals surface area contributed by atoms with Crippen molar-refractivity contribution >= 4 is 5.97 Å². The predicted octanol–water partition coefficient (Wildman–Crippen LogP) is 7.09. The number of carboxylic acid groups (broad SMARTS) is 1. The Hall–Kier alpha value is -2.39. The summed E-state index contributed by atoms with van der Waals surface area (Å²) >= 11 is 0. The van der Waals surface area contributed by atoms with E-state index in [-0.39, 0.29) is 0 Å². The minimum absolute atomic E-state index is 0.629. The first-order valence-electron chi connectivity index (χ1n) is 11.2. The van der Waals surface area contributed by atoms with E-state index in [1.807, 2.05) is 0 Å². The van der Waals surface area contributed by atoms with Crippen LogP contribution in [0.1, 0.15) is 6.42 Å². The number of nitrogens with zero attached hydrogens (tertiary/aromatic N) is 1. The van der Waals surface area contributed by atoms with Crippen molar-refractivity contribution in [3.63, 3.8) is 0 Å². The Bertz CT molecular complexity index is 1170. The zero-order chi connectivity index (χ0) is 39.8. The Labute approximate surface area is 247 Å². The third-order valence-electron chi connectivity index (χ3n) is 6.26. The highest BCUT2D eigenvalue weighted by Gasteiger charge is 2.99. The largest absolute Gasteiger partial charge is 0.544 e. The number of alkyl halides is 26. The summed E-state index contributed by atoms with van der Waals surface area (Å²) in [6, 6.07) is 0. The summed E-state index contributed by atoms with van der Waals surface area (Å²) in [5.41, 5.74) is 0. The summed E-state index contributed by atoms with van der Waals surface area (Å²) < 4.78 is 349. The average molecular weight is 781 g/mol. The van der Waals surface area contributed by atoms with Gasteiger partial charge in [0.05, 0.1) is 26.6 Å². The molecule has 0 aliphatic carbocycles. The van der Waals surface area contributed by atoms with Crippen molar-refractivity contribution in [2.75, 3.05) is 27.2 Å². The molecule has 48 heavy (non-hydrogen) atoms. The number of carboxylic acids is 1. The molecule has 0 saturated carbocycles. The van der Waals surface area contributed by atoms with Gasteiger partial charge in [0.25, 0.3) is 0 Å². The highest BCUT2D eigenvalue weighted by Crippen LogP contribution is 2.68. The van der Waals surface area contributed by atoms with Crippen LogP contribution in [0, 0.1) is 0 Å². The van der Waals surface area contributed by atoms with Crippen LogP contribution in [0.4, 0.5) is 114 Å². The molecule has 0 aromatic rings. The van der Waals surface area contributed by atoms with Gasteiger partial charge in [0.2, 0.25) is 0 Å². The number of carbonyl (C=O) groups is 1. The molecule has 0 rings (SSSR count). The van der Waals surface area contributed by atoms with E-state index < -0.39 is 107 Å². The second-order valence-corrected chi connectivity index (χ2v) is 10.3. The van der Waals surface area contributed by atoms with E-state index in [1.54, 1.807) is 0 Å². The number of hydrogen-bond acceptors (Lipinski definition) is 2. The molecule has 0 aromatic carbocycles. The lowest BCUT2D eigenvalue weighted by Crippen LogP contribution is -2.78. The molecule has 0 bridgehead atoms. The van der Waals surface area contributed by atoms with Gasteiger partial charge in [0.15, 0.2) is 6.17 Å². The summed E-state index contributed by atoms with van der Waals surface area (Å²) in [5, 5.41) is 10.5. The smallest absolute Gasteiger partial charge is 0.460 e. The maximum absolute atomic E-state index is 13.9. The molecule has 0 saturated heterocycles. The fourth-order valence-electron chi connectivity index (χ4n) is 3.23. The maximum atomic E-state index is 13.9. The van der Waals surface area contributed by atoms with E-state index in [1.165, 1.54) is 0 Å². The van der Waals surface area contributed by atoms with Gasteiger partial charge < -0.3 is 14.4 Å². The number of likely N-dealkylation sites (N-methyl/N-ethyl adjacent to an activating group) is 1. The first-order chi connectivity index (χ1) is 20.3. The molecule has 0 spiro atoms. The summed E-state index contributed by atoms with van der Waals surface area (Å²) in [6.07, 6.45) is -15.6. The molecule has 0 fully saturated rings. The molecule has 0 aliphatic heterocycles. The molecule has 1 unspecified atom stereocenters. The topological polar surface area (TPSA) is 40.1 Å². The van der Waals surface area contributed by atoms with Crippen LogP contribution >= 0.6 is 0 Å². The van der Waals surface area contributed by atoms with E-state index in [2.05, 4.69) is 0 Å². The van der Waals surface area contributed by atoms with Gasteiger partial charge >= 0.3 is 71.3 Å². The monoisotopic (exact) mass is 781 g/mol. The zero-order valence-electron chi connectivity index (χ0n) is 22.3. The Kier molecular flexibility index (Phi) is 11.3. The van der Waals surface area contributed by atoms with Crippen molar-refractivity contribution in [2.24, 2.45) is 0 Å². The van der Waals surface area contributed by atoms with Crippen LogP contribution in [-0.4, -0.2) is 115 Å². The lowest BCUT2D eigenvalue weighted by atomic mass is 9.84. The van der Waals surface area contributed by atoms with E-state index in [9.17, 15) is 124 Å². The molecular weight excluding hydrogens is 768 g/mol. The number of halogens is 26. The van der Waals surface area contributed by atoms with Gasteiger partial charge in [-0.05, 0) is 0 Å². The molecule has 29 heteroatoms. The number of aliphatic carboxylic acids is 1. The molecule has 3 nitrogen and oxygen atoms in total. The zero-order valence-corrected chi connectivity index (χ0v) is 22.3. The first-order valence-corrected chi connectivity index (χ1v) is 11.2. The molecule has 288 valence electrons. The van der Waals surface area contributed by atoms with Crippen LogP contribution in [0.3, 0.4) is 0 Å². The third kappa shape index (κ3) is 6.13. The molecule has 0 heterocycles. The van der Waals surface area contributed by atoms with Crippen molar-refractivity contribution in [1.82, 2.24) is 0 Å². The number of quaternary nitrogens is 1. The first kappa shape index (κ1) is 45.6. The van der Waals surface area contributed by atoms with Crippen LogP contribution in [0.2, 0.25) is 0 Å². The normalized spacial score (nSPS) is 17.1. The van der Waals surface area contributed by atoms with Crippen LogP contribution in [0.5, 0.6) is 0 Å². The maximum Gasteiger partial charge on any atom is 0.460 e. The number of rotatable bonds is 16. The Balaban J connectivity index is 7.16.